The number of aryl methyl sites for hydroxylation is 1. The fraction of sp³-hybridized carbons (Fsp3) is 0.417. The van der Waals surface area contributed by atoms with Crippen molar-refractivity contribution in [3.05, 3.63) is 6.07 Å². The highest BCUT2D eigenvalue weighted by atomic mass is 16.5. The molecule has 7 heteroatoms. The molecular formula is C12H18N4O3. The molecule has 19 heavy (non-hydrogen) atoms. The van der Waals surface area contributed by atoms with E-state index in [1.807, 2.05) is 0 Å². The molecule has 0 unspecified atom stereocenters. The number of carbonyl (C=O) groups is 1. The summed E-state index contributed by atoms with van der Waals surface area (Å²) < 4.78 is 8.65. The fourth-order valence-corrected chi connectivity index (χ4v) is 2.23. The zero-order valence-corrected chi connectivity index (χ0v) is 11.2. The van der Waals surface area contributed by atoms with E-state index >= 15 is 0 Å². The molecule has 0 saturated heterocycles. The number of hydrogen-bond donors (Lipinski definition) is 3. The molecule has 0 atom stereocenters. The summed E-state index contributed by atoms with van der Waals surface area (Å²) in [6.45, 7) is 1.76. The van der Waals surface area contributed by atoms with Gasteiger partial charge in [0, 0.05) is 26.6 Å². The number of methoxy groups -OCH3 is 1. The van der Waals surface area contributed by atoms with Gasteiger partial charge in [-0.2, -0.15) is 0 Å². The largest absolute Gasteiger partial charge is 0.491 e. The molecule has 4 N–H and O–H groups in total. The van der Waals surface area contributed by atoms with E-state index in [1.54, 1.807) is 17.7 Å². The summed E-state index contributed by atoms with van der Waals surface area (Å²) in [5.74, 6) is 1.47. The second-order valence-electron chi connectivity index (χ2n) is 4.25. The maximum absolute atomic E-state index is 11.8. The van der Waals surface area contributed by atoms with Crippen molar-refractivity contribution in [2.45, 2.75) is 6.92 Å². The number of nitrogen functional groups attached to an aromatic ring is 1. The van der Waals surface area contributed by atoms with Gasteiger partial charge in [0.15, 0.2) is 11.6 Å². The Balaban J connectivity index is 2.76. The number of nitrogens with two attached hydrogens (primary N) is 1. The number of anilines is 2. The summed E-state index contributed by atoms with van der Waals surface area (Å²) in [6.07, 6.45) is 0. The lowest BCUT2D eigenvalue weighted by Crippen LogP contribution is -2.14. The van der Waals surface area contributed by atoms with Crippen molar-refractivity contribution in [1.82, 2.24) is 9.13 Å². The summed E-state index contributed by atoms with van der Waals surface area (Å²) in [7, 11) is 3.34. The van der Waals surface area contributed by atoms with E-state index in [2.05, 4.69) is 5.32 Å². The first-order chi connectivity index (χ1) is 9.02. The average Bonchev–Trinajstić information content (AvgIpc) is 2.81. The third-order valence-electron chi connectivity index (χ3n) is 3.07. The maximum Gasteiger partial charge on any atom is 0.229 e. The number of ether oxygens (including phenoxy) is 1. The van der Waals surface area contributed by atoms with E-state index in [-0.39, 0.29) is 12.5 Å². The third-order valence-corrected chi connectivity index (χ3v) is 3.07. The summed E-state index contributed by atoms with van der Waals surface area (Å²) in [5, 5.41) is 11.9. The van der Waals surface area contributed by atoms with E-state index < -0.39 is 0 Å². The van der Waals surface area contributed by atoms with Crippen molar-refractivity contribution >= 4 is 28.6 Å². The Morgan fingerprint density at radius 1 is 1.58 bits per heavy atom. The van der Waals surface area contributed by atoms with Crippen LogP contribution in [0.2, 0.25) is 0 Å². The molecule has 0 aromatic carbocycles. The minimum Gasteiger partial charge on any atom is -0.491 e. The molecule has 0 bridgehead atoms. The first-order valence-corrected chi connectivity index (χ1v) is 5.92. The van der Waals surface area contributed by atoms with Gasteiger partial charge in [0.1, 0.15) is 11.3 Å². The van der Waals surface area contributed by atoms with Gasteiger partial charge < -0.3 is 25.5 Å². The number of aliphatic hydroxyl groups is 1. The van der Waals surface area contributed by atoms with Gasteiger partial charge in [-0.3, -0.25) is 9.36 Å². The summed E-state index contributed by atoms with van der Waals surface area (Å²) >= 11 is 0. The van der Waals surface area contributed by atoms with Crippen LogP contribution in [0.4, 0.5) is 11.6 Å². The van der Waals surface area contributed by atoms with E-state index in [9.17, 15) is 4.79 Å². The van der Waals surface area contributed by atoms with Crippen molar-refractivity contribution in [3.63, 3.8) is 0 Å². The van der Waals surface area contributed by atoms with E-state index in [1.165, 1.54) is 18.6 Å². The van der Waals surface area contributed by atoms with Crippen LogP contribution < -0.4 is 15.8 Å². The molecular weight excluding hydrogens is 248 g/mol. The van der Waals surface area contributed by atoms with Crippen LogP contribution in [-0.2, 0) is 7.05 Å². The van der Waals surface area contributed by atoms with Gasteiger partial charge in [0.25, 0.3) is 0 Å². The maximum atomic E-state index is 11.8. The van der Waals surface area contributed by atoms with Gasteiger partial charge in [0.05, 0.1) is 19.2 Å². The van der Waals surface area contributed by atoms with Gasteiger partial charge in [-0.15, -0.1) is 0 Å². The molecule has 0 aliphatic carbocycles. The molecule has 0 fully saturated rings. The number of aliphatic hydroxyl groups excluding tert-OH is 1. The zero-order valence-electron chi connectivity index (χ0n) is 11.2. The van der Waals surface area contributed by atoms with Gasteiger partial charge in [-0.25, -0.2) is 0 Å². The zero-order chi connectivity index (χ0) is 14.2. The Bertz CT molecular complexity index is 627. The number of carbonyl (C=O) groups excluding carboxylic acids is 1. The molecule has 0 radical (unpaired) electrons. The lowest BCUT2D eigenvalue weighted by atomic mass is 10.4. The number of fused-ring (bicyclic) bond motifs is 1. The molecule has 7 nitrogen and oxygen atoms in total. The first kappa shape index (κ1) is 13.3. The van der Waals surface area contributed by atoms with Crippen LogP contribution in [-0.4, -0.2) is 40.4 Å². The summed E-state index contributed by atoms with van der Waals surface area (Å²) in [6, 6.07) is 1.73. The smallest absolute Gasteiger partial charge is 0.229 e. The Hall–Kier alpha value is -2.15. The Morgan fingerprint density at radius 2 is 2.26 bits per heavy atom. The van der Waals surface area contributed by atoms with Crippen molar-refractivity contribution in [1.29, 1.82) is 0 Å². The number of nitrogens with zero attached hydrogens (tertiary/aromatic N) is 2. The second kappa shape index (κ2) is 4.85. The number of hydrogen-bond acceptors (Lipinski definition) is 5. The van der Waals surface area contributed by atoms with E-state index in [0.29, 0.717) is 29.4 Å². The topological polar surface area (TPSA) is 94.4 Å². The summed E-state index contributed by atoms with van der Waals surface area (Å²) in [4.78, 5) is 11.8. The van der Waals surface area contributed by atoms with E-state index in [4.69, 9.17) is 15.6 Å². The SMILES string of the molecule is COc1c(NCCO)n(C(C)=O)c2cc(N)n(C)c12. The van der Waals surface area contributed by atoms with E-state index in [0.717, 1.165) is 5.52 Å². The number of aromatic nitrogens is 2. The first-order valence-electron chi connectivity index (χ1n) is 5.92. The molecule has 2 rings (SSSR count). The molecule has 0 saturated carbocycles. The van der Waals surface area contributed by atoms with Crippen molar-refractivity contribution < 1.29 is 14.6 Å². The number of nitrogens with one attached hydrogen (secondary N) is 1. The van der Waals surface area contributed by atoms with Crippen molar-refractivity contribution in [2.24, 2.45) is 7.05 Å². The van der Waals surface area contributed by atoms with Crippen molar-refractivity contribution in [3.8, 4) is 5.75 Å². The molecule has 0 spiro atoms. The predicted molar refractivity (Wildman–Crippen MR) is 73.7 cm³/mol. The Kier molecular flexibility index (Phi) is 3.39. The average molecular weight is 266 g/mol. The van der Waals surface area contributed by atoms with Crippen LogP contribution in [0, 0.1) is 0 Å². The fourth-order valence-electron chi connectivity index (χ4n) is 2.23. The molecule has 2 aromatic rings. The van der Waals surface area contributed by atoms with Gasteiger partial charge in [0.2, 0.25) is 5.91 Å². The Labute approximate surface area is 110 Å². The third kappa shape index (κ3) is 1.91. The molecule has 0 amide bonds. The molecule has 0 aliphatic rings. The highest BCUT2D eigenvalue weighted by Crippen LogP contribution is 2.39. The van der Waals surface area contributed by atoms with Gasteiger partial charge in [-0.05, 0) is 0 Å². The standard InChI is InChI=1S/C12H18N4O3/c1-7(18)16-8-6-9(13)15(2)10(8)11(19-3)12(16)14-4-5-17/h6,14,17H,4-5,13H2,1-3H3. The minimum absolute atomic E-state index is 0.0370. The molecule has 2 heterocycles. The van der Waals surface area contributed by atoms with Crippen LogP contribution in [0.5, 0.6) is 5.75 Å². The van der Waals surface area contributed by atoms with Crippen LogP contribution >= 0.6 is 0 Å². The predicted octanol–water partition coefficient (Wildman–Crippen LogP) is 0.635. The van der Waals surface area contributed by atoms with Crippen LogP contribution in [0.25, 0.3) is 11.0 Å². The number of rotatable bonds is 4. The van der Waals surface area contributed by atoms with Crippen LogP contribution in [0.15, 0.2) is 6.07 Å². The Morgan fingerprint density at radius 3 is 2.79 bits per heavy atom. The second-order valence-corrected chi connectivity index (χ2v) is 4.25. The lowest BCUT2D eigenvalue weighted by Gasteiger charge is -2.10. The minimum atomic E-state index is -0.153. The molecule has 0 aliphatic heterocycles. The van der Waals surface area contributed by atoms with Gasteiger partial charge >= 0.3 is 0 Å². The highest BCUT2D eigenvalue weighted by Gasteiger charge is 2.23. The molecule has 2 aromatic heterocycles. The highest BCUT2D eigenvalue weighted by molar-refractivity contribution is 6.02. The summed E-state index contributed by atoms with van der Waals surface area (Å²) in [5.41, 5.74) is 7.29. The van der Waals surface area contributed by atoms with Crippen LogP contribution in [0.1, 0.15) is 11.7 Å². The van der Waals surface area contributed by atoms with Crippen molar-refractivity contribution in [2.75, 3.05) is 31.3 Å². The quantitative estimate of drug-likeness (QED) is 0.754. The lowest BCUT2D eigenvalue weighted by molar-refractivity contribution is 0.0943. The monoisotopic (exact) mass is 266 g/mol. The van der Waals surface area contributed by atoms with Crippen LogP contribution in [0.3, 0.4) is 0 Å². The van der Waals surface area contributed by atoms with Gasteiger partial charge in [-0.1, -0.05) is 0 Å². The molecule has 104 valence electrons. The normalized spacial score (nSPS) is 10.9.